The Hall–Kier alpha value is -3.27. The fourth-order valence-corrected chi connectivity index (χ4v) is 3.74. The standard InChI is InChI=1S/C20H21NO8S/c1-3-25-19(23)15-11(16(30-17(15)21)20(24)26-4-2)9-28-18(22)14-10-27-12-7-5-6-8-13(12)29-14/h5-8,14H,3-4,9-10,21H2,1-2H3/t14-/m1/s1. The Bertz CT molecular complexity index is 954. The number of anilines is 1. The molecular formula is C20H21NO8S. The van der Waals surface area contributed by atoms with Gasteiger partial charge >= 0.3 is 17.9 Å². The largest absolute Gasteiger partial charge is 0.485 e. The van der Waals surface area contributed by atoms with E-state index in [4.69, 9.17) is 29.4 Å². The third kappa shape index (κ3) is 4.48. The van der Waals surface area contributed by atoms with Gasteiger partial charge in [0.05, 0.1) is 13.2 Å². The molecule has 1 aliphatic rings. The van der Waals surface area contributed by atoms with Crippen LogP contribution in [0.15, 0.2) is 24.3 Å². The third-order valence-electron chi connectivity index (χ3n) is 4.10. The second-order valence-electron chi connectivity index (χ2n) is 6.06. The fraction of sp³-hybridized carbons (Fsp3) is 0.350. The summed E-state index contributed by atoms with van der Waals surface area (Å²) in [7, 11) is 0. The Labute approximate surface area is 176 Å². The van der Waals surface area contributed by atoms with E-state index in [0.29, 0.717) is 11.5 Å². The molecule has 0 unspecified atom stereocenters. The molecular weight excluding hydrogens is 414 g/mol. The van der Waals surface area contributed by atoms with Crippen LogP contribution in [0.25, 0.3) is 0 Å². The Morgan fingerprint density at radius 2 is 1.73 bits per heavy atom. The van der Waals surface area contributed by atoms with Crippen molar-refractivity contribution in [2.45, 2.75) is 26.6 Å². The van der Waals surface area contributed by atoms with Crippen LogP contribution in [0.5, 0.6) is 11.5 Å². The molecule has 0 radical (unpaired) electrons. The molecule has 3 rings (SSSR count). The van der Waals surface area contributed by atoms with E-state index in [9.17, 15) is 14.4 Å². The Balaban J connectivity index is 1.78. The van der Waals surface area contributed by atoms with Gasteiger partial charge in [0.2, 0.25) is 6.10 Å². The first-order chi connectivity index (χ1) is 14.5. The molecule has 160 valence electrons. The first-order valence-corrected chi connectivity index (χ1v) is 10.1. The quantitative estimate of drug-likeness (QED) is 0.516. The smallest absolute Gasteiger partial charge is 0.351 e. The zero-order chi connectivity index (χ0) is 21.7. The number of ether oxygens (including phenoxy) is 5. The van der Waals surface area contributed by atoms with Crippen LogP contribution in [0.2, 0.25) is 0 Å². The molecule has 0 amide bonds. The maximum absolute atomic E-state index is 12.5. The van der Waals surface area contributed by atoms with Crippen molar-refractivity contribution in [2.75, 3.05) is 25.6 Å². The van der Waals surface area contributed by atoms with Gasteiger partial charge in [-0.25, -0.2) is 14.4 Å². The van der Waals surface area contributed by atoms with Gasteiger partial charge < -0.3 is 29.4 Å². The Morgan fingerprint density at radius 3 is 2.43 bits per heavy atom. The first kappa shape index (κ1) is 21.4. The van der Waals surface area contributed by atoms with E-state index >= 15 is 0 Å². The minimum absolute atomic E-state index is 0.0103. The average Bonchev–Trinajstić information content (AvgIpc) is 3.08. The van der Waals surface area contributed by atoms with E-state index in [2.05, 4.69) is 0 Å². The highest BCUT2D eigenvalue weighted by Gasteiger charge is 2.32. The lowest BCUT2D eigenvalue weighted by molar-refractivity contribution is -0.155. The van der Waals surface area contributed by atoms with Gasteiger partial charge in [-0.1, -0.05) is 12.1 Å². The van der Waals surface area contributed by atoms with Crippen LogP contribution in [0, 0.1) is 0 Å². The molecule has 0 saturated heterocycles. The van der Waals surface area contributed by atoms with Crippen molar-refractivity contribution in [1.29, 1.82) is 0 Å². The second kappa shape index (κ2) is 9.49. The zero-order valence-corrected chi connectivity index (χ0v) is 17.3. The van der Waals surface area contributed by atoms with Crippen molar-refractivity contribution in [2.24, 2.45) is 0 Å². The summed E-state index contributed by atoms with van der Waals surface area (Å²) in [6.07, 6.45) is -0.993. The fourth-order valence-electron chi connectivity index (χ4n) is 2.78. The summed E-state index contributed by atoms with van der Waals surface area (Å²) in [4.78, 5) is 37.2. The number of fused-ring (bicyclic) bond motifs is 1. The lowest BCUT2D eigenvalue weighted by atomic mass is 10.1. The van der Waals surface area contributed by atoms with Gasteiger partial charge in [0.15, 0.2) is 11.5 Å². The number of nitrogen functional groups attached to an aromatic ring is 1. The van der Waals surface area contributed by atoms with Crippen LogP contribution in [-0.2, 0) is 25.6 Å². The Kier molecular flexibility index (Phi) is 6.78. The number of carbonyl (C=O) groups is 3. The number of thiophene rings is 1. The van der Waals surface area contributed by atoms with E-state index < -0.39 is 24.0 Å². The number of esters is 3. The normalized spacial score (nSPS) is 14.7. The minimum atomic E-state index is -0.993. The summed E-state index contributed by atoms with van der Waals surface area (Å²) in [5.41, 5.74) is 6.06. The monoisotopic (exact) mass is 435 g/mol. The Morgan fingerprint density at radius 1 is 1.07 bits per heavy atom. The van der Waals surface area contributed by atoms with Gasteiger partial charge in [-0.15, -0.1) is 11.3 Å². The molecule has 0 saturated carbocycles. The van der Waals surface area contributed by atoms with Crippen LogP contribution in [0.1, 0.15) is 39.4 Å². The van der Waals surface area contributed by atoms with Gasteiger partial charge in [-0.3, -0.25) is 0 Å². The molecule has 2 N–H and O–H groups in total. The molecule has 0 bridgehead atoms. The number of nitrogens with two attached hydrogens (primary N) is 1. The van der Waals surface area contributed by atoms with Crippen molar-refractivity contribution in [3.8, 4) is 11.5 Å². The molecule has 1 aromatic carbocycles. The number of hydrogen-bond donors (Lipinski definition) is 1. The molecule has 1 atom stereocenters. The maximum Gasteiger partial charge on any atom is 0.351 e. The van der Waals surface area contributed by atoms with Crippen LogP contribution in [0.3, 0.4) is 0 Å². The molecule has 2 heterocycles. The van der Waals surface area contributed by atoms with Crippen molar-refractivity contribution in [3.05, 3.63) is 40.3 Å². The summed E-state index contributed by atoms with van der Waals surface area (Å²) in [6.45, 7) is 3.14. The molecule has 0 fully saturated rings. The minimum Gasteiger partial charge on any atom is -0.485 e. The lowest BCUT2D eigenvalue weighted by Gasteiger charge is -2.25. The van der Waals surface area contributed by atoms with Gasteiger partial charge in [0.25, 0.3) is 0 Å². The van der Waals surface area contributed by atoms with Crippen molar-refractivity contribution in [3.63, 3.8) is 0 Å². The summed E-state index contributed by atoms with van der Waals surface area (Å²) in [5, 5.41) is 0.0775. The summed E-state index contributed by atoms with van der Waals surface area (Å²) in [5.74, 6) is -1.13. The average molecular weight is 435 g/mol. The van der Waals surface area contributed by atoms with E-state index in [-0.39, 0.29) is 47.4 Å². The number of para-hydroxylation sites is 2. The summed E-state index contributed by atoms with van der Waals surface area (Å²) < 4.78 is 26.5. The molecule has 10 heteroatoms. The molecule has 2 aromatic rings. The molecule has 0 aliphatic carbocycles. The molecule has 1 aromatic heterocycles. The van der Waals surface area contributed by atoms with Crippen LogP contribution >= 0.6 is 11.3 Å². The van der Waals surface area contributed by atoms with Crippen molar-refractivity contribution >= 4 is 34.2 Å². The second-order valence-corrected chi connectivity index (χ2v) is 7.11. The van der Waals surface area contributed by atoms with E-state index in [1.807, 2.05) is 0 Å². The maximum atomic E-state index is 12.5. The number of carbonyl (C=O) groups excluding carboxylic acids is 3. The van der Waals surface area contributed by atoms with E-state index in [1.165, 1.54) is 0 Å². The molecule has 9 nitrogen and oxygen atoms in total. The van der Waals surface area contributed by atoms with E-state index in [1.54, 1.807) is 38.1 Å². The summed E-state index contributed by atoms with van der Waals surface area (Å²) >= 11 is 0.876. The number of rotatable bonds is 7. The molecule has 0 spiro atoms. The predicted octanol–water partition coefficient (Wildman–Crippen LogP) is 2.57. The third-order valence-corrected chi connectivity index (χ3v) is 5.15. The summed E-state index contributed by atoms with van der Waals surface area (Å²) in [6, 6.07) is 6.94. The van der Waals surface area contributed by atoms with Crippen molar-refractivity contribution in [1.82, 2.24) is 0 Å². The van der Waals surface area contributed by atoms with Crippen LogP contribution in [0.4, 0.5) is 5.00 Å². The van der Waals surface area contributed by atoms with Crippen LogP contribution < -0.4 is 15.2 Å². The molecule has 1 aliphatic heterocycles. The van der Waals surface area contributed by atoms with Crippen LogP contribution in [-0.4, -0.2) is 43.8 Å². The predicted molar refractivity (Wildman–Crippen MR) is 107 cm³/mol. The first-order valence-electron chi connectivity index (χ1n) is 9.26. The zero-order valence-electron chi connectivity index (χ0n) is 16.5. The SMILES string of the molecule is CCOC(=O)c1sc(N)c(C(=O)OCC)c1COC(=O)[C@H]1COc2ccccc2O1. The number of hydrogen-bond acceptors (Lipinski definition) is 10. The number of benzene rings is 1. The highest BCUT2D eigenvalue weighted by Crippen LogP contribution is 2.34. The van der Waals surface area contributed by atoms with Crippen molar-refractivity contribution < 1.29 is 38.1 Å². The van der Waals surface area contributed by atoms with Gasteiger partial charge in [0.1, 0.15) is 28.7 Å². The van der Waals surface area contributed by atoms with Gasteiger partial charge in [0, 0.05) is 5.56 Å². The van der Waals surface area contributed by atoms with Gasteiger partial charge in [-0.05, 0) is 26.0 Å². The molecule has 30 heavy (non-hydrogen) atoms. The van der Waals surface area contributed by atoms with E-state index in [0.717, 1.165) is 11.3 Å². The topological polar surface area (TPSA) is 123 Å². The highest BCUT2D eigenvalue weighted by atomic mass is 32.1. The van der Waals surface area contributed by atoms with Gasteiger partial charge in [-0.2, -0.15) is 0 Å². The lowest BCUT2D eigenvalue weighted by Crippen LogP contribution is -2.37. The highest BCUT2D eigenvalue weighted by molar-refractivity contribution is 7.18.